The van der Waals surface area contributed by atoms with Gasteiger partial charge in [0.2, 0.25) is 0 Å². The van der Waals surface area contributed by atoms with Gasteiger partial charge in [-0.15, -0.1) is 11.6 Å². The fraction of sp³-hybridized carbons (Fsp3) is 0.200. The molecule has 0 fully saturated rings. The molecule has 88 valence electrons. The predicted octanol–water partition coefficient (Wildman–Crippen LogP) is 5.18. The van der Waals surface area contributed by atoms with Crippen LogP contribution in [0.3, 0.4) is 0 Å². The van der Waals surface area contributed by atoms with E-state index < -0.39 is 0 Å². The number of rotatable bonds is 3. The lowest BCUT2D eigenvalue weighted by Crippen LogP contribution is -1.96. The summed E-state index contributed by atoms with van der Waals surface area (Å²) in [5.74, 6) is 0. The molecule has 1 unspecified atom stereocenters. The summed E-state index contributed by atoms with van der Waals surface area (Å²) in [4.78, 5) is 0. The molecule has 2 aromatic rings. The summed E-state index contributed by atoms with van der Waals surface area (Å²) in [5.41, 5.74) is 3.69. The highest BCUT2D eigenvalue weighted by Crippen LogP contribution is 2.31. The number of hydrogen-bond donors (Lipinski definition) is 0. The second-order valence-electron chi connectivity index (χ2n) is 3.98. The van der Waals surface area contributed by atoms with Gasteiger partial charge >= 0.3 is 0 Å². The zero-order valence-corrected chi connectivity index (χ0v) is 12.6. The molecule has 17 heavy (non-hydrogen) atoms. The van der Waals surface area contributed by atoms with E-state index in [2.05, 4.69) is 65.9 Å². The average molecular weight is 357 g/mol. The molecule has 0 nitrogen and oxygen atoms in total. The first-order chi connectivity index (χ1) is 8.22. The van der Waals surface area contributed by atoms with Crippen LogP contribution >= 0.6 is 34.2 Å². The van der Waals surface area contributed by atoms with Crippen molar-refractivity contribution in [2.45, 2.75) is 18.7 Å². The minimum absolute atomic E-state index is 0.0611. The van der Waals surface area contributed by atoms with Crippen LogP contribution in [0.15, 0.2) is 48.5 Å². The smallest absolute Gasteiger partial charge is 0.0845 e. The molecule has 0 aliphatic rings. The summed E-state index contributed by atoms with van der Waals surface area (Å²) in [6.07, 6.45) is 1.07. The zero-order valence-electron chi connectivity index (χ0n) is 9.66. The third-order valence-corrected chi connectivity index (χ3v) is 4.33. The first kappa shape index (κ1) is 12.9. The average Bonchev–Trinajstić information content (AvgIpc) is 2.39. The molecular weight excluding hydrogens is 343 g/mol. The van der Waals surface area contributed by atoms with Crippen molar-refractivity contribution in [2.75, 3.05) is 0 Å². The minimum Gasteiger partial charge on any atom is -0.113 e. The van der Waals surface area contributed by atoms with Crippen LogP contribution in [0, 0.1) is 3.57 Å². The largest absolute Gasteiger partial charge is 0.113 e. The highest BCUT2D eigenvalue weighted by atomic mass is 127. The Kier molecular flexibility index (Phi) is 4.46. The number of halogens is 2. The van der Waals surface area contributed by atoms with Crippen molar-refractivity contribution in [1.82, 2.24) is 0 Å². The van der Waals surface area contributed by atoms with E-state index >= 15 is 0 Å². The van der Waals surface area contributed by atoms with Crippen LogP contribution < -0.4 is 0 Å². The van der Waals surface area contributed by atoms with Crippen LogP contribution in [0.25, 0.3) is 0 Å². The molecule has 0 saturated carbocycles. The Hall–Kier alpha value is -0.540. The molecule has 0 bridgehead atoms. The zero-order chi connectivity index (χ0) is 12.3. The molecule has 0 saturated heterocycles. The molecule has 0 aromatic heterocycles. The van der Waals surface area contributed by atoms with Gasteiger partial charge in [0.25, 0.3) is 0 Å². The van der Waals surface area contributed by atoms with E-state index in [9.17, 15) is 0 Å². The molecule has 2 aromatic carbocycles. The van der Waals surface area contributed by atoms with Gasteiger partial charge in [-0.2, -0.15) is 0 Å². The molecular formula is C15H14ClI. The van der Waals surface area contributed by atoms with Gasteiger partial charge in [-0.05, 0) is 51.8 Å². The van der Waals surface area contributed by atoms with Crippen molar-refractivity contribution in [3.63, 3.8) is 0 Å². The number of hydrogen-bond acceptors (Lipinski definition) is 0. The van der Waals surface area contributed by atoms with Crippen LogP contribution in [0.1, 0.15) is 29.0 Å². The fourth-order valence-corrected chi connectivity index (χ4v) is 3.00. The molecule has 0 spiro atoms. The quantitative estimate of drug-likeness (QED) is 0.525. The lowest BCUT2D eigenvalue weighted by molar-refractivity contribution is 1.10. The number of benzene rings is 2. The molecule has 1 atom stereocenters. The Morgan fingerprint density at radius 1 is 1.06 bits per heavy atom. The molecule has 0 amide bonds. The summed E-state index contributed by atoms with van der Waals surface area (Å²) >= 11 is 8.86. The summed E-state index contributed by atoms with van der Waals surface area (Å²) in [6.45, 7) is 2.16. The third kappa shape index (κ3) is 3.02. The summed E-state index contributed by atoms with van der Waals surface area (Å²) in [6, 6.07) is 16.8. The second-order valence-corrected chi connectivity index (χ2v) is 5.58. The molecule has 2 heteroatoms. The van der Waals surface area contributed by atoms with Gasteiger partial charge in [-0.3, -0.25) is 0 Å². The predicted molar refractivity (Wildman–Crippen MR) is 82.7 cm³/mol. The molecule has 0 N–H and O–H groups in total. The van der Waals surface area contributed by atoms with Gasteiger partial charge in [-0.25, -0.2) is 0 Å². The Morgan fingerprint density at radius 3 is 2.29 bits per heavy atom. The van der Waals surface area contributed by atoms with Crippen molar-refractivity contribution >= 4 is 34.2 Å². The van der Waals surface area contributed by atoms with Crippen molar-refractivity contribution in [3.05, 3.63) is 68.8 Å². The Bertz CT molecular complexity index is 491. The maximum atomic E-state index is 6.53. The molecule has 0 aliphatic carbocycles. The summed E-state index contributed by atoms with van der Waals surface area (Å²) in [5, 5.41) is -0.0611. The lowest BCUT2D eigenvalue weighted by atomic mass is 10.0. The molecule has 0 aliphatic heterocycles. The fourth-order valence-electron chi connectivity index (χ4n) is 1.78. The van der Waals surface area contributed by atoms with Crippen molar-refractivity contribution in [3.8, 4) is 0 Å². The highest BCUT2D eigenvalue weighted by Gasteiger charge is 2.12. The van der Waals surface area contributed by atoms with E-state index in [0.29, 0.717) is 0 Å². The van der Waals surface area contributed by atoms with Crippen LogP contribution in [0.4, 0.5) is 0 Å². The minimum atomic E-state index is -0.0611. The molecule has 0 heterocycles. The Morgan fingerprint density at radius 2 is 1.71 bits per heavy atom. The van der Waals surface area contributed by atoms with Crippen molar-refractivity contribution < 1.29 is 0 Å². The van der Waals surface area contributed by atoms with Gasteiger partial charge in [0.05, 0.1) is 5.38 Å². The van der Waals surface area contributed by atoms with E-state index in [0.717, 1.165) is 12.0 Å². The lowest BCUT2D eigenvalue weighted by Gasteiger charge is -2.12. The van der Waals surface area contributed by atoms with E-state index in [1.165, 1.54) is 14.7 Å². The van der Waals surface area contributed by atoms with Crippen molar-refractivity contribution in [2.24, 2.45) is 0 Å². The maximum Gasteiger partial charge on any atom is 0.0845 e. The maximum absolute atomic E-state index is 6.53. The Balaban J connectivity index is 2.30. The first-order valence-electron chi connectivity index (χ1n) is 5.69. The Labute approximate surface area is 121 Å². The number of aryl methyl sites for hydroxylation is 1. The van der Waals surface area contributed by atoms with E-state index in [4.69, 9.17) is 11.6 Å². The van der Waals surface area contributed by atoms with Crippen molar-refractivity contribution in [1.29, 1.82) is 0 Å². The van der Waals surface area contributed by atoms with Crippen LogP contribution in [-0.2, 0) is 6.42 Å². The van der Waals surface area contributed by atoms with E-state index in [1.54, 1.807) is 0 Å². The highest BCUT2D eigenvalue weighted by molar-refractivity contribution is 14.1. The van der Waals surface area contributed by atoms with Gasteiger partial charge in [-0.1, -0.05) is 49.4 Å². The topological polar surface area (TPSA) is 0 Å². The van der Waals surface area contributed by atoms with E-state index in [1.807, 2.05) is 12.1 Å². The van der Waals surface area contributed by atoms with E-state index in [-0.39, 0.29) is 5.38 Å². The van der Waals surface area contributed by atoms with Crippen LogP contribution in [0.5, 0.6) is 0 Å². The standard InChI is InChI=1S/C15H14ClI/c1-2-11-7-9-12(10-8-11)15(16)13-5-3-4-6-14(13)17/h3-10,15H,2H2,1H3. The third-order valence-electron chi connectivity index (χ3n) is 2.86. The van der Waals surface area contributed by atoms with Gasteiger partial charge in [0, 0.05) is 3.57 Å². The van der Waals surface area contributed by atoms with Gasteiger partial charge in [0.15, 0.2) is 0 Å². The monoisotopic (exact) mass is 356 g/mol. The molecule has 0 radical (unpaired) electrons. The summed E-state index contributed by atoms with van der Waals surface area (Å²) < 4.78 is 1.21. The second kappa shape index (κ2) is 5.87. The van der Waals surface area contributed by atoms with Gasteiger partial charge < -0.3 is 0 Å². The van der Waals surface area contributed by atoms with Crippen LogP contribution in [-0.4, -0.2) is 0 Å². The normalized spacial score (nSPS) is 12.4. The summed E-state index contributed by atoms with van der Waals surface area (Å²) in [7, 11) is 0. The van der Waals surface area contributed by atoms with Crippen LogP contribution in [0.2, 0.25) is 0 Å². The van der Waals surface area contributed by atoms with Gasteiger partial charge in [0.1, 0.15) is 0 Å². The first-order valence-corrected chi connectivity index (χ1v) is 7.21. The number of alkyl halides is 1. The molecule has 2 rings (SSSR count). The SMILES string of the molecule is CCc1ccc(C(Cl)c2ccccc2I)cc1.